The Balaban J connectivity index is 1.55. The molecule has 3 aromatic heterocycles. The Morgan fingerprint density at radius 3 is 2.68 bits per heavy atom. The summed E-state index contributed by atoms with van der Waals surface area (Å²) in [6.07, 6.45) is 7.58. The molecule has 188 valence electrons. The van der Waals surface area contributed by atoms with Gasteiger partial charge in [0.1, 0.15) is 6.04 Å². The minimum atomic E-state index is -0.142. The van der Waals surface area contributed by atoms with Gasteiger partial charge in [-0.3, -0.25) is 14.8 Å². The van der Waals surface area contributed by atoms with Gasteiger partial charge in [-0.1, -0.05) is 26.0 Å². The predicted molar refractivity (Wildman–Crippen MR) is 150 cm³/mol. The SMILES string of the molecule is Cc1cc(N2C(=S)NC(c3ccccn3)C2c2cccn2Cc2cccnc2)ccc1NC(=O)C(C)C. The number of carbonyl (C=O) groups is 1. The van der Waals surface area contributed by atoms with Crippen LogP contribution < -0.4 is 15.5 Å². The zero-order chi connectivity index (χ0) is 25.9. The standard InChI is InChI=1S/C29H30N6OS/c1-19(2)28(36)32-23-12-11-22(16-20(23)3)35-27(26(33-29(35)37)24-9-4-5-14-31-24)25-10-7-15-34(25)18-21-8-6-13-30-17-21/h4-17,19,26-27H,18H2,1-3H3,(H,32,36)(H,33,37). The number of aryl methyl sites for hydroxylation is 1. The number of aromatic nitrogens is 3. The molecule has 5 rings (SSSR count). The summed E-state index contributed by atoms with van der Waals surface area (Å²) in [5.74, 6) is -0.0962. The summed E-state index contributed by atoms with van der Waals surface area (Å²) >= 11 is 5.90. The van der Waals surface area contributed by atoms with E-state index in [-0.39, 0.29) is 23.9 Å². The fourth-order valence-corrected chi connectivity index (χ4v) is 5.02. The van der Waals surface area contributed by atoms with E-state index in [1.54, 1.807) is 6.20 Å². The number of thiocarbonyl (C=S) groups is 1. The minimum Gasteiger partial charge on any atom is -0.351 e. The van der Waals surface area contributed by atoms with Gasteiger partial charge in [-0.2, -0.15) is 0 Å². The van der Waals surface area contributed by atoms with Crippen LogP contribution in [0, 0.1) is 12.8 Å². The van der Waals surface area contributed by atoms with Gasteiger partial charge in [0.2, 0.25) is 5.91 Å². The molecule has 0 spiro atoms. The van der Waals surface area contributed by atoms with Crippen molar-refractivity contribution in [2.24, 2.45) is 5.92 Å². The number of nitrogens with zero attached hydrogens (tertiary/aromatic N) is 4. The van der Waals surface area contributed by atoms with Crippen molar-refractivity contribution in [1.82, 2.24) is 19.9 Å². The lowest BCUT2D eigenvalue weighted by Crippen LogP contribution is -2.30. The molecule has 2 unspecified atom stereocenters. The molecule has 4 heterocycles. The first-order valence-electron chi connectivity index (χ1n) is 12.4. The zero-order valence-corrected chi connectivity index (χ0v) is 21.9. The van der Waals surface area contributed by atoms with Gasteiger partial charge < -0.3 is 20.1 Å². The van der Waals surface area contributed by atoms with Crippen molar-refractivity contribution in [3.63, 3.8) is 0 Å². The summed E-state index contributed by atoms with van der Waals surface area (Å²) in [4.78, 5) is 23.4. The first-order valence-corrected chi connectivity index (χ1v) is 12.8. The number of nitrogens with one attached hydrogen (secondary N) is 2. The number of anilines is 2. The van der Waals surface area contributed by atoms with Crippen molar-refractivity contribution in [2.45, 2.75) is 39.4 Å². The quantitative estimate of drug-likeness (QED) is 0.324. The Morgan fingerprint density at radius 2 is 1.97 bits per heavy atom. The molecule has 0 saturated carbocycles. The van der Waals surface area contributed by atoms with Crippen LogP contribution >= 0.6 is 12.2 Å². The normalized spacial score (nSPS) is 17.2. The van der Waals surface area contributed by atoms with Gasteiger partial charge in [0.15, 0.2) is 5.11 Å². The highest BCUT2D eigenvalue weighted by molar-refractivity contribution is 7.80. The summed E-state index contributed by atoms with van der Waals surface area (Å²) in [5, 5.41) is 7.18. The van der Waals surface area contributed by atoms with Gasteiger partial charge in [-0.05, 0) is 78.8 Å². The van der Waals surface area contributed by atoms with Gasteiger partial charge in [-0.25, -0.2) is 0 Å². The molecule has 8 heteroatoms. The first kappa shape index (κ1) is 24.6. The summed E-state index contributed by atoms with van der Waals surface area (Å²) in [6.45, 7) is 6.47. The number of amides is 1. The lowest BCUT2D eigenvalue weighted by Gasteiger charge is -2.29. The molecule has 1 aromatic carbocycles. The second kappa shape index (κ2) is 10.5. The van der Waals surface area contributed by atoms with Crippen LogP contribution in [0.2, 0.25) is 0 Å². The molecule has 0 bridgehead atoms. The van der Waals surface area contributed by atoms with Gasteiger partial charge in [-0.15, -0.1) is 0 Å². The highest BCUT2D eigenvalue weighted by Crippen LogP contribution is 2.42. The van der Waals surface area contributed by atoms with Gasteiger partial charge in [0, 0.05) is 54.3 Å². The number of benzene rings is 1. The van der Waals surface area contributed by atoms with Crippen LogP contribution in [0.25, 0.3) is 0 Å². The monoisotopic (exact) mass is 510 g/mol. The predicted octanol–water partition coefficient (Wildman–Crippen LogP) is 5.41. The fourth-order valence-electron chi connectivity index (χ4n) is 4.68. The van der Waals surface area contributed by atoms with Crippen molar-refractivity contribution in [3.8, 4) is 0 Å². The van der Waals surface area contributed by atoms with Crippen molar-refractivity contribution in [1.29, 1.82) is 0 Å². The summed E-state index contributed by atoms with van der Waals surface area (Å²) in [7, 11) is 0. The first-order chi connectivity index (χ1) is 17.9. The third-order valence-corrected chi connectivity index (χ3v) is 6.93. The van der Waals surface area contributed by atoms with Crippen LogP contribution in [0.4, 0.5) is 11.4 Å². The van der Waals surface area contributed by atoms with E-state index in [4.69, 9.17) is 12.2 Å². The third-order valence-electron chi connectivity index (χ3n) is 6.61. The van der Waals surface area contributed by atoms with Crippen molar-refractivity contribution >= 4 is 34.6 Å². The maximum absolute atomic E-state index is 12.3. The molecular weight excluding hydrogens is 480 g/mol. The van der Waals surface area contributed by atoms with E-state index in [0.717, 1.165) is 33.9 Å². The van der Waals surface area contributed by atoms with Crippen LogP contribution in [0.15, 0.2) is 85.5 Å². The van der Waals surface area contributed by atoms with Crippen LogP contribution in [-0.2, 0) is 11.3 Å². The molecule has 0 radical (unpaired) electrons. The Kier molecular flexibility index (Phi) is 7.01. The molecule has 2 atom stereocenters. The van der Waals surface area contributed by atoms with Crippen LogP contribution in [0.5, 0.6) is 0 Å². The lowest BCUT2D eigenvalue weighted by molar-refractivity contribution is -0.118. The van der Waals surface area contributed by atoms with Crippen molar-refractivity contribution in [3.05, 3.63) is 108 Å². The average molecular weight is 511 g/mol. The summed E-state index contributed by atoms with van der Waals surface area (Å²) in [6, 6.07) is 20.0. The highest BCUT2D eigenvalue weighted by atomic mass is 32.1. The Bertz CT molecular complexity index is 1400. The summed E-state index contributed by atoms with van der Waals surface area (Å²) < 4.78 is 2.24. The maximum Gasteiger partial charge on any atom is 0.226 e. The molecule has 7 nitrogen and oxygen atoms in total. The third kappa shape index (κ3) is 5.11. The van der Waals surface area contributed by atoms with Crippen LogP contribution in [-0.4, -0.2) is 25.6 Å². The second-order valence-corrected chi connectivity index (χ2v) is 9.95. The molecule has 1 amide bonds. The number of hydrogen-bond acceptors (Lipinski definition) is 4. The van der Waals surface area contributed by atoms with E-state index in [1.165, 1.54) is 0 Å². The number of hydrogen-bond donors (Lipinski definition) is 2. The minimum absolute atomic E-state index is 0.00414. The number of pyridine rings is 2. The Labute approximate surface area is 222 Å². The molecule has 1 saturated heterocycles. The van der Waals surface area contributed by atoms with Crippen LogP contribution in [0.3, 0.4) is 0 Å². The number of rotatable bonds is 7. The molecule has 2 N–H and O–H groups in total. The average Bonchev–Trinajstić information content (AvgIpc) is 3.49. The molecule has 0 aliphatic carbocycles. The maximum atomic E-state index is 12.3. The molecular formula is C29H30N6OS. The van der Waals surface area contributed by atoms with E-state index in [2.05, 4.69) is 60.5 Å². The highest BCUT2D eigenvalue weighted by Gasteiger charge is 2.42. The van der Waals surface area contributed by atoms with E-state index >= 15 is 0 Å². The Hall–Kier alpha value is -4.04. The second-order valence-electron chi connectivity index (χ2n) is 9.56. The van der Waals surface area contributed by atoms with Crippen LogP contribution in [0.1, 0.15) is 48.4 Å². The molecule has 1 aliphatic rings. The molecule has 37 heavy (non-hydrogen) atoms. The Morgan fingerprint density at radius 1 is 1.11 bits per heavy atom. The van der Waals surface area contributed by atoms with Gasteiger partial charge in [0.05, 0.1) is 11.7 Å². The van der Waals surface area contributed by atoms with E-state index < -0.39 is 0 Å². The van der Waals surface area contributed by atoms with E-state index in [9.17, 15) is 4.79 Å². The molecule has 1 aliphatic heterocycles. The van der Waals surface area contributed by atoms with Crippen molar-refractivity contribution < 1.29 is 4.79 Å². The van der Waals surface area contributed by atoms with Gasteiger partial charge >= 0.3 is 0 Å². The molecule has 1 fully saturated rings. The van der Waals surface area contributed by atoms with E-state index in [1.807, 2.05) is 69.6 Å². The number of carbonyl (C=O) groups excluding carboxylic acids is 1. The lowest BCUT2D eigenvalue weighted by atomic mass is 10.00. The topological polar surface area (TPSA) is 75.1 Å². The van der Waals surface area contributed by atoms with Crippen molar-refractivity contribution in [2.75, 3.05) is 10.2 Å². The summed E-state index contributed by atoms with van der Waals surface area (Å²) in [5.41, 5.74) is 5.88. The van der Waals surface area contributed by atoms with Gasteiger partial charge in [0.25, 0.3) is 0 Å². The fraction of sp³-hybridized carbons (Fsp3) is 0.241. The zero-order valence-electron chi connectivity index (χ0n) is 21.1. The smallest absolute Gasteiger partial charge is 0.226 e. The largest absolute Gasteiger partial charge is 0.351 e. The van der Waals surface area contributed by atoms with E-state index in [0.29, 0.717) is 11.7 Å². The molecule has 4 aromatic rings.